The molecule has 0 saturated carbocycles. The van der Waals surface area contributed by atoms with Crippen LogP contribution in [-0.2, 0) is 25.3 Å². The summed E-state index contributed by atoms with van der Waals surface area (Å²) in [5.74, 6) is 0.391. The second-order valence-corrected chi connectivity index (χ2v) is 10.7. The van der Waals surface area contributed by atoms with Crippen LogP contribution >= 0.6 is 7.60 Å². The first-order chi connectivity index (χ1) is 15.7. The molecule has 0 fully saturated rings. The molecule has 1 N–H and O–H groups in total. The molecule has 3 aromatic rings. The van der Waals surface area contributed by atoms with E-state index in [1.807, 2.05) is 55.8 Å². The molecule has 0 aliphatic rings. The maximum atomic E-state index is 13.1. The number of nitrogens with zero attached hydrogens (tertiary/aromatic N) is 2. The van der Waals surface area contributed by atoms with E-state index in [9.17, 15) is 9.36 Å². The van der Waals surface area contributed by atoms with Gasteiger partial charge in [0.1, 0.15) is 5.82 Å². The van der Waals surface area contributed by atoms with Crippen molar-refractivity contribution in [3.8, 4) is 11.1 Å². The van der Waals surface area contributed by atoms with E-state index in [0.29, 0.717) is 24.6 Å². The zero-order chi connectivity index (χ0) is 24.1. The number of amides is 1. The zero-order valence-corrected chi connectivity index (χ0v) is 20.8. The van der Waals surface area contributed by atoms with Crippen LogP contribution in [0.3, 0.4) is 0 Å². The molecule has 0 radical (unpaired) electrons. The summed E-state index contributed by atoms with van der Waals surface area (Å²) < 4.78 is 25.3. The van der Waals surface area contributed by atoms with Crippen LogP contribution in [0, 0.1) is 0 Å². The van der Waals surface area contributed by atoms with Crippen molar-refractivity contribution in [3.05, 3.63) is 71.9 Å². The molecule has 176 valence electrons. The van der Waals surface area contributed by atoms with E-state index in [0.717, 1.165) is 16.7 Å². The van der Waals surface area contributed by atoms with E-state index >= 15 is 0 Å². The third-order valence-electron chi connectivity index (χ3n) is 4.97. The minimum atomic E-state index is -3.20. The number of anilines is 1. The summed E-state index contributed by atoms with van der Waals surface area (Å²) in [6.07, 6.45) is 1.93. The van der Waals surface area contributed by atoms with Gasteiger partial charge in [-0.05, 0) is 57.9 Å². The van der Waals surface area contributed by atoms with Crippen LogP contribution in [0.5, 0.6) is 0 Å². The van der Waals surface area contributed by atoms with Crippen LogP contribution < -0.4 is 5.32 Å². The molecule has 0 saturated heterocycles. The molecule has 1 heterocycles. The monoisotopic (exact) mass is 469 g/mol. The Morgan fingerprint density at radius 1 is 1.00 bits per heavy atom. The van der Waals surface area contributed by atoms with E-state index in [4.69, 9.17) is 9.05 Å². The maximum Gasteiger partial charge on any atom is 0.335 e. The first-order valence-corrected chi connectivity index (χ1v) is 12.8. The first kappa shape index (κ1) is 24.9. The molecule has 2 aromatic carbocycles. The van der Waals surface area contributed by atoms with Crippen LogP contribution in [-0.4, -0.2) is 28.9 Å². The quantitative estimate of drug-likeness (QED) is 0.371. The van der Waals surface area contributed by atoms with Crippen molar-refractivity contribution in [2.75, 3.05) is 18.5 Å². The summed E-state index contributed by atoms with van der Waals surface area (Å²) in [7, 11) is -3.20. The minimum absolute atomic E-state index is 0.158. The molecule has 8 heteroatoms. The molecular weight excluding hydrogens is 437 g/mol. The highest BCUT2D eigenvalue weighted by Gasteiger charge is 2.25. The predicted octanol–water partition coefficient (Wildman–Crippen LogP) is 6.32. The summed E-state index contributed by atoms with van der Waals surface area (Å²) in [4.78, 5) is 13.1. The fourth-order valence-electron chi connectivity index (χ4n) is 3.49. The van der Waals surface area contributed by atoms with Crippen molar-refractivity contribution in [1.82, 2.24) is 9.78 Å². The van der Waals surface area contributed by atoms with Crippen LogP contribution in [0.4, 0.5) is 5.82 Å². The molecule has 0 unspecified atom stereocenters. The molecular formula is C25H32N3O4P. The topological polar surface area (TPSA) is 82.5 Å². The fourth-order valence-corrected chi connectivity index (χ4v) is 5.20. The van der Waals surface area contributed by atoms with E-state index in [-0.39, 0.29) is 17.6 Å². The van der Waals surface area contributed by atoms with Crippen molar-refractivity contribution in [3.63, 3.8) is 0 Å². The molecule has 0 spiro atoms. The Morgan fingerprint density at radius 2 is 1.61 bits per heavy atom. The third-order valence-corrected chi connectivity index (χ3v) is 7.02. The zero-order valence-electron chi connectivity index (χ0n) is 19.9. The number of hydrogen-bond acceptors (Lipinski definition) is 5. The summed E-state index contributed by atoms with van der Waals surface area (Å²) in [5.41, 5.74) is 2.77. The first-order valence-electron chi connectivity index (χ1n) is 11.1. The van der Waals surface area contributed by atoms with Crippen LogP contribution in [0.2, 0.25) is 0 Å². The minimum Gasteiger partial charge on any atom is -0.309 e. The fraction of sp³-hybridized carbons (Fsp3) is 0.360. The molecule has 0 aliphatic carbocycles. The van der Waals surface area contributed by atoms with Gasteiger partial charge in [-0.2, -0.15) is 5.10 Å². The number of benzene rings is 2. The lowest BCUT2D eigenvalue weighted by Crippen LogP contribution is -2.27. The van der Waals surface area contributed by atoms with Crippen molar-refractivity contribution < 1.29 is 18.4 Å². The summed E-state index contributed by atoms with van der Waals surface area (Å²) >= 11 is 0. The molecule has 0 aliphatic heterocycles. The Morgan fingerprint density at radius 3 is 2.15 bits per heavy atom. The molecule has 0 bridgehead atoms. The smallest absolute Gasteiger partial charge is 0.309 e. The number of carbonyl (C=O) groups excluding carboxylic acids is 1. The van der Waals surface area contributed by atoms with Gasteiger partial charge in [0.25, 0.3) is 5.91 Å². The van der Waals surface area contributed by atoms with Gasteiger partial charge < -0.3 is 14.4 Å². The molecule has 7 nitrogen and oxygen atoms in total. The molecule has 0 atom stereocenters. The number of nitrogens with one attached hydrogen (secondary N) is 1. The van der Waals surface area contributed by atoms with Crippen LogP contribution in [0.1, 0.15) is 50.5 Å². The van der Waals surface area contributed by atoms with Crippen LogP contribution in [0.15, 0.2) is 60.8 Å². The van der Waals surface area contributed by atoms with E-state index in [1.54, 1.807) is 44.3 Å². The Balaban J connectivity index is 1.84. The van der Waals surface area contributed by atoms with Gasteiger partial charge in [0.15, 0.2) is 0 Å². The van der Waals surface area contributed by atoms with E-state index in [2.05, 4.69) is 10.4 Å². The van der Waals surface area contributed by atoms with Crippen molar-refractivity contribution in [1.29, 1.82) is 0 Å². The predicted molar refractivity (Wildman–Crippen MR) is 132 cm³/mol. The second kappa shape index (κ2) is 10.5. The average molecular weight is 470 g/mol. The highest BCUT2D eigenvalue weighted by molar-refractivity contribution is 7.53. The Labute approximate surface area is 195 Å². The molecule has 3 rings (SSSR count). The summed E-state index contributed by atoms with van der Waals surface area (Å²) in [5, 5.41) is 7.59. The number of aromatic nitrogens is 2. The van der Waals surface area contributed by atoms with Crippen molar-refractivity contribution >= 4 is 19.3 Å². The normalized spacial score (nSPS) is 12.0. The average Bonchev–Trinajstić information content (AvgIpc) is 3.19. The Hall–Kier alpha value is -2.73. The standard InChI is InChI=1S/C25H32N3O4P/c1-6-31-33(30,32-7-2)18-19-13-15-21(16-14-19)24(29)27-23-22(20-11-9-8-10-12-20)17-26-28(23)25(3,4)5/h8-17H,6-7,18H2,1-5H3,(H,27,29). The maximum absolute atomic E-state index is 13.1. The lowest BCUT2D eigenvalue weighted by atomic mass is 10.1. The lowest BCUT2D eigenvalue weighted by molar-refractivity contribution is 0.102. The largest absolute Gasteiger partial charge is 0.335 e. The number of rotatable bonds is 9. The van der Waals surface area contributed by atoms with Gasteiger partial charge in [0, 0.05) is 11.1 Å². The van der Waals surface area contributed by atoms with Crippen molar-refractivity contribution in [2.24, 2.45) is 0 Å². The SMILES string of the molecule is CCOP(=O)(Cc1ccc(C(=O)Nc2c(-c3ccccc3)cnn2C(C)(C)C)cc1)OCC. The van der Waals surface area contributed by atoms with Gasteiger partial charge >= 0.3 is 7.60 Å². The second-order valence-electron chi connectivity index (χ2n) is 8.61. The number of hydrogen-bond donors (Lipinski definition) is 1. The van der Waals surface area contributed by atoms with E-state index < -0.39 is 7.60 Å². The Kier molecular flexibility index (Phi) is 7.90. The Bertz CT molecular complexity index is 1110. The highest BCUT2D eigenvalue weighted by Crippen LogP contribution is 2.51. The number of carbonyl (C=O) groups is 1. The molecule has 1 aromatic heterocycles. The molecule has 1 amide bonds. The van der Waals surface area contributed by atoms with Gasteiger partial charge in [0.2, 0.25) is 0 Å². The highest BCUT2D eigenvalue weighted by atomic mass is 31.2. The van der Waals surface area contributed by atoms with Gasteiger partial charge in [-0.15, -0.1) is 0 Å². The van der Waals surface area contributed by atoms with Crippen molar-refractivity contribution in [2.45, 2.75) is 46.3 Å². The van der Waals surface area contributed by atoms with E-state index in [1.165, 1.54) is 0 Å². The third kappa shape index (κ3) is 6.20. The van der Waals surface area contributed by atoms with Crippen LogP contribution in [0.25, 0.3) is 11.1 Å². The summed E-state index contributed by atoms with van der Waals surface area (Å²) in [6.45, 7) is 10.3. The van der Waals surface area contributed by atoms with Gasteiger partial charge in [0.05, 0.1) is 31.1 Å². The molecule has 33 heavy (non-hydrogen) atoms. The van der Waals surface area contributed by atoms with Gasteiger partial charge in [-0.1, -0.05) is 42.5 Å². The van der Waals surface area contributed by atoms with Gasteiger partial charge in [-0.3, -0.25) is 9.36 Å². The lowest BCUT2D eigenvalue weighted by Gasteiger charge is -2.23. The summed E-state index contributed by atoms with van der Waals surface area (Å²) in [6, 6.07) is 16.8. The van der Waals surface area contributed by atoms with Gasteiger partial charge in [-0.25, -0.2) is 4.68 Å².